The Hall–Kier alpha value is -0.950. The lowest BCUT2D eigenvalue weighted by Gasteiger charge is -2.29. The third-order valence-electron chi connectivity index (χ3n) is 3.16. The summed E-state index contributed by atoms with van der Waals surface area (Å²) in [6.07, 6.45) is 0. The van der Waals surface area contributed by atoms with Gasteiger partial charge in [0.05, 0.1) is 0 Å². The van der Waals surface area contributed by atoms with Crippen LogP contribution in [0, 0.1) is 0 Å². The Morgan fingerprint density at radius 1 is 1.14 bits per heavy atom. The predicted molar refractivity (Wildman–Crippen MR) is 87.2 cm³/mol. The molecule has 0 aliphatic rings. The summed E-state index contributed by atoms with van der Waals surface area (Å²) < 4.78 is 28.5. The zero-order chi connectivity index (χ0) is 15.9. The fourth-order valence-corrected chi connectivity index (χ4v) is 3.23. The van der Waals surface area contributed by atoms with E-state index in [1.807, 2.05) is 25.1 Å². The molecule has 0 aliphatic carbocycles. The van der Waals surface area contributed by atoms with E-state index in [0.29, 0.717) is 19.1 Å². The van der Waals surface area contributed by atoms with Crippen LogP contribution in [0.4, 0.5) is 0 Å². The number of rotatable bonds is 9. The second-order valence-corrected chi connectivity index (χ2v) is 7.06. The van der Waals surface area contributed by atoms with Crippen molar-refractivity contribution in [1.82, 2.24) is 14.3 Å². The van der Waals surface area contributed by atoms with Gasteiger partial charge < -0.3 is 0 Å². The molecule has 0 amide bonds. The third-order valence-corrected chi connectivity index (χ3v) is 4.54. The van der Waals surface area contributed by atoms with Crippen LogP contribution in [-0.4, -0.2) is 38.5 Å². The summed E-state index contributed by atoms with van der Waals surface area (Å²) in [5.74, 6) is 0. The Balaban J connectivity index is 2.62. The van der Waals surface area contributed by atoms with Gasteiger partial charge in [-0.1, -0.05) is 37.3 Å². The van der Waals surface area contributed by atoms with Gasteiger partial charge in [-0.2, -0.15) is 13.1 Å². The molecule has 5 nitrogen and oxygen atoms in total. The van der Waals surface area contributed by atoms with Crippen molar-refractivity contribution in [3.8, 4) is 0 Å². The molecule has 0 radical (unpaired) electrons. The first-order valence-corrected chi connectivity index (χ1v) is 8.87. The van der Waals surface area contributed by atoms with Crippen molar-refractivity contribution in [3.63, 3.8) is 0 Å². The Bertz CT molecular complexity index is 503. The first-order valence-electron chi connectivity index (χ1n) is 7.39. The van der Waals surface area contributed by atoms with Crippen LogP contribution in [0.25, 0.3) is 0 Å². The molecule has 0 bridgehead atoms. The minimum atomic E-state index is -3.40. The molecule has 0 heterocycles. The third kappa shape index (κ3) is 7.04. The molecule has 0 fully saturated rings. The lowest BCUT2D eigenvalue weighted by Crippen LogP contribution is -2.47. The van der Waals surface area contributed by atoms with Crippen molar-refractivity contribution in [1.29, 1.82) is 0 Å². The SMILES string of the molecule is CCNS(=O)(=O)NC(C)CN(Cc1ccccc1)C(C)C. The average molecular weight is 313 g/mol. The normalized spacial score (nSPS) is 13.8. The van der Waals surface area contributed by atoms with E-state index in [2.05, 4.69) is 40.3 Å². The maximum Gasteiger partial charge on any atom is 0.277 e. The summed E-state index contributed by atoms with van der Waals surface area (Å²) in [5, 5.41) is 0. The first-order chi connectivity index (χ1) is 9.84. The van der Waals surface area contributed by atoms with Gasteiger partial charge in [0.1, 0.15) is 0 Å². The van der Waals surface area contributed by atoms with Gasteiger partial charge in [-0.05, 0) is 26.3 Å². The fraction of sp³-hybridized carbons (Fsp3) is 0.600. The molecule has 21 heavy (non-hydrogen) atoms. The van der Waals surface area contributed by atoms with Crippen molar-refractivity contribution in [2.45, 2.75) is 46.3 Å². The van der Waals surface area contributed by atoms with Gasteiger partial charge in [-0.3, -0.25) is 4.90 Å². The lowest BCUT2D eigenvalue weighted by atomic mass is 10.1. The first kappa shape index (κ1) is 18.1. The largest absolute Gasteiger partial charge is 0.295 e. The van der Waals surface area contributed by atoms with E-state index in [1.165, 1.54) is 5.56 Å². The highest BCUT2D eigenvalue weighted by Crippen LogP contribution is 2.09. The van der Waals surface area contributed by atoms with E-state index in [0.717, 1.165) is 6.54 Å². The second-order valence-electron chi connectivity index (χ2n) is 5.53. The minimum Gasteiger partial charge on any atom is -0.295 e. The fourth-order valence-electron chi connectivity index (χ4n) is 2.16. The van der Waals surface area contributed by atoms with Gasteiger partial charge in [0.15, 0.2) is 0 Å². The molecule has 1 rings (SSSR count). The maximum absolute atomic E-state index is 11.7. The highest BCUT2D eigenvalue weighted by Gasteiger charge is 2.18. The quantitative estimate of drug-likeness (QED) is 0.730. The van der Waals surface area contributed by atoms with Gasteiger partial charge >= 0.3 is 0 Å². The van der Waals surface area contributed by atoms with E-state index in [4.69, 9.17) is 0 Å². The lowest BCUT2D eigenvalue weighted by molar-refractivity contribution is 0.199. The number of hydrogen-bond acceptors (Lipinski definition) is 3. The summed E-state index contributed by atoms with van der Waals surface area (Å²) in [5.41, 5.74) is 1.23. The summed E-state index contributed by atoms with van der Waals surface area (Å²) in [7, 11) is -3.40. The Labute approximate surface area is 128 Å². The van der Waals surface area contributed by atoms with Crippen molar-refractivity contribution in [2.75, 3.05) is 13.1 Å². The number of hydrogen-bond donors (Lipinski definition) is 2. The van der Waals surface area contributed by atoms with Crippen LogP contribution in [0.1, 0.15) is 33.3 Å². The minimum absolute atomic E-state index is 0.153. The van der Waals surface area contributed by atoms with Gasteiger partial charge in [-0.15, -0.1) is 0 Å². The van der Waals surface area contributed by atoms with E-state index < -0.39 is 10.2 Å². The molecule has 2 N–H and O–H groups in total. The zero-order valence-corrected chi connectivity index (χ0v) is 14.2. The van der Waals surface area contributed by atoms with E-state index in [-0.39, 0.29) is 6.04 Å². The Morgan fingerprint density at radius 3 is 2.29 bits per heavy atom. The van der Waals surface area contributed by atoms with Crippen LogP contribution in [-0.2, 0) is 16.8 Å². The molecule has 0 saturated carbocycles. The number of benzene rings is 1. The van der Waals surface area contributed by atoms with Gasteiger partial charge in [0, 0.05) is 31.7 Å². The van der Waals surface area contributed by atoms with Gasteiger partial charge in [0.25, 0.3) is 10.2 Å². The highest BCUT2D eigenvalue weighted by molar-refractivity contribution is 7.87. The molecule has 0 aliphatic heterocycles. The predicted octanol–water partition coefficient (Wildman–Crippen LogP) is 1.73. The van der Waals surface area contributed by atoms with E-state index in [1.54, 1.807) is 6.92 Å². The van der Waals surface area contributed by atoms with Crippen LogP contribution in [0.15, 0.2) is 30.3 Å². The number of nitrogens with zero attached hydrogens (tertiary/aromatic N) is 1. The van der Waals surface area contributed by atoms with Gasteiger partial charge in [-0.25, -0.2) is 4.72 Å². The summed E-state index contributed by atoms with van der Waals surface area (Å²) in [6.45, 7) is 9.75. The van der Waals surface area contributed by atoms with Crippen LogP contribution in [0.2, 0.25) is 0 Å². The summed E-state index contributed by atoms with van der Waals surface area (Å²) in [6, 6.07) is 10.4. The standard InChI is InChI=1S/C15H27N3O2S/c1-5-16-21(19,20)17-14(4)11-18(13(2)3)12-15-9-7-6-8-10-15/h6-10,13-14,16-17H,5,11-12H2,1-4H3. The van der Waals surface area contributed by atoms with Crippen LogP contribution in [0.3, 0.4) is 0 Å². The van der Waals surface area contributed by atoms with Crippen molar-refractivity contribution >= 4 is 10.2 Å². The zero-order valence-electron chi connectivity index (χ0n) is 13.3. The topological polar surface area (TPSA) is 61.4 Å². The maximum atomic E-state index is 11.7. The molecule has 1 atom stereocenters. The molecular weight excluding hydrogens is 286 g/mol. The monoisotopic (exact) mass is 313 g/mol. The van der Waals surface area contributed by atoms with Crippen LogP contribution in [0.5, 0.6) is 0 Å². The molecular formula is C15H27N3O2S. The highest BCUT2D eigenvalue weighted by atomic mass is 32.2. The van der Waals surface area contributed by atoms with Crippen LogP contribution < -0.4 is 9.44 Å². The van der Waals surface area contributed by atoms with Crippen molar-refractivity contribution < 1.29 is 8.42 Å². The molecule has 1 aromatic rings. The number of nitrogens with one attached hydrogen (secondary N) is 2. The molecule has 0 saturated heterocycles. The molecule has 120 valence electrons. The molecule has 0 spiro atoms. The summed E-state index contributed by atoms with van der Waals surface area (Å²) >= 11 is 0. The average Bonchev–Trinajstić information content (AvgIpc) is 2.38. The van der Waals surface area contributed by atoms with Gasteiger partial charge in [0.2, 0.25) is 0 Å². The van der Waals surface area contributed by atoms with Crippen LogP contribution >= 0.6 is 0 Å². The van der Waals surface area contributed by atoms with E-state index >= 15 is 0 Å². The van der Waals surface area contributed by atoms with E-state index in [9.17, 15) is 8.42 Å². The molecule has 1 aromatic carbocycles. The smallest absolute Gasteiger partial charge is 0.277 e. The second kappa shape index (κ2) is 8.48. The molecule has 1 unspecified atom stereocenters. The molecule has 0 aromatic heterocycles. The van der Waals surface area contributed by atoms with Crippen molar-refractivity contribution in [2.24, 2.45) is 0 Å². The van der Waals surface area contributed by atoms with Crippen molar-refractivity contribution in [3.05, 3.63) is 35.9 Å². The Kier molecular flexibility index (Phi) is 7.31. The Morgan fingerprint density at radius 2 is 1.76 bits per heavy atom. The summed E-state index contributed by atoms with van der Waals surface area (Å²) in [4.78, 5) is 2.26. The molecule has 6 heteroatoms.